The smallest absolute Gasteiger partial charge is 0.0602 e. The summed E-state index contributed by atoms with van der Waals surface area (Å²) >= 11 is 0. The molecule has 0 aromatic rings. The maximum Gasteiger partial charge on any atom is 0.0602 e. The summed E-state index contributed by atoms with van der Waals surface area (Å²) < 4.78 is 0. The van der Waals surface area contributed by atoms with Gasteiger partial charge in [-0.3, -0.25) is 4.90 Å². The predicted octanol–water partition coefficient (Wildman–Crippen LogP) is -0.495. The summed E-state index contributed by atoms with van der Waals surface area (Å²) in [6.45, 7) is 9.32. The molecule has 3 nitrogen and oxygen atoms in total. The Kier molecular flexibility index (Phi) is 5.59. The molecule has 74 valence electrons. The zero-order chi connectivity index (χ0) is 9.36. The molecule has 0 aromatic heterocycles. The number of hydrogen-bond acceptors (Lipinski definition) is 3. The highest BCUT2D eigenvalue weighted by Gasteiger charge is 2.03. The molecule has 0 unspecified atom stereocenters. The summed E-state index contributed by atoms with van der Waals surface area (Å²) in [6, 6.07) is 0. The summed E-state index contributed by atoms with van der Waals surface area (Å²) in [5.74, 6) is 6.04. The van der Waals surface area contributed by atoms with E-state index in [1.165, 1.54) is 0 Å². The van der Waals surface area contributed by atoms with E-state index < -0.39 is 0 Å². The summed E-state index contributed by atoms with van der Waals surface area (Å²) in [5.41, 5.74) is 0. The van der Waals surface area contributed by atoms with Gasteiger partial charge in [-0.15, -0.1) is 5.92 Å². The van der Waals surface area contributed by atoms with Crippen LogP contribution in [-0.4, -0.2) is 50.7 Å². The van der Waals surface area contributed by atoms with Crippen LogP contribution in [0.25, 0.3) is 0 Å². The lowest BCUT2D eigenvalue weighted by Gasteiger charge is -2.18. The second-order valence-electron chi connectivity index (χ2n) is 3.20. The SMILES string of the molecule is CC#CCN1CCNCCNCC1. The minimum atomic E-state index is 0.903. The zero-order valence-corrected chi connectivity index (χ0v) is 8.40. The normalized spacial score (nSPS) is 20.7. The minimum absolute atomic E-state index is 0.903. The number of nitrogens with zero attached hydrogens (tertiary/aromatic N) is 1. The van der Waals surface area contributed by atoms with Gasteiger partial charge in [-0.1, -0.05) is 5.92 Å². The van der Waals surface area contributed by atoms with Crippen molar-refractivity contribution in [3.63, 3.8) is 0 Å². The largest absolute Gasteiger partial charge is 0.314 e. The average Bonchev–Trinajstić information content (AvgIpc) is 2.28. The molecular formula is C10H19N3. The summed E-state index contributed by atoms with van der Waals surface area (Å²) in [6.07, 6.45) is 0. The molecule has 0 spiro atoms. The van der Waals surface area contributed by atoms with E-state index in [4.69, 9.17) is 0 Å². The first-order valence-corrected chi connectivity index (χ1v) is 4.97. The van der Waals surface area contributed by atoms with E-state index in [2.05, 4.69) is 27.4 Å². The fraction of sp³-hybridized carbons (Fsp3) is 0.800. The van der Waals surface area contributed by atoms with Gasteiger partial charge >= 0.3 is 0 Å². The molecule has 1 heterocycles. The van der Waals surface area contributed by atoms with Crippen molar-refractivity contribution in [2.24, 2.45) is 0 Å². The van der Waals surface area contributed by atoms with Crippen molar-refractivity contribution in [3.05, 3.63) is 0 Å². The number of rotatable bonds is 1. The zero-order valence-electron chi connectivity index (χ0n) is 8.40. The molecule has 0 aliphatic carbocycles. The highest BCUT2D eigenvalue weighted by molar-refractivity contribution is 4.97. The second kappa shape index (κ2) is 6.90. The summed E-state index contributed by atoms with van der Waals surface area (Å²) in [7, 11) is 0. The maximum absolute atomic E-state index is 3.38. The molecule has 3 heteroatoms. The van der Waals surface area contributed by atoms with Gasteiger partial charge in [0.1, 0.15) is 0 Å². The van der Waals surface area contributed by atoms with Crippen molar-refractivity contribution in [3.8, 4) is 11.8 Å². The molecule has 2 N–H and O–H groups in total. The fourth-order valence-corrected chi connectivity index (χ4v) is 1.36. The van der Waals surface area contributed by atoms with E-state index in [1.807, 2.05) is 6.92 Å². The van der Waals surface area contributed by atoms with Crippen molar-refractivity contribution in [1.29, 1.82) is 0 Å². The molecule has 0 saturated carbocycles. The van der Waals surface area contributed by atoms with Gasteiger partial charge in [0.05, 0.1) is 6.54 Å². The van der Waals surface area contributed by atoms with E-state index in [-0.39, 0.29) is 0 Å². The monoisotopic (exact) mass is 181 g/mol. The first-order valence-electron chi connectivity index (χ1n) is 4.97. The van der Waals surface area contributed by atoms with Gasteiger partial charge in [-0.05, 0) is 6.92 Å². The molecule has 0 aromatic carbocycles. The Balaban J connectivity index is 2.26. The Labute approximate surface area is 80.9 Å². The van der Waals surface area contributed by atoms with Gasteiger partial charge in [-0.2, -0.15) is 0 Å². The van der Waals surface area contributed by atoms with Crippen LogP contribution in [-0.2, 0) is 0 Å². The van der Waals surface area contributed by atoms with Crippen LogP contribution in [0, 0.1) is 11.8 Å². The van der Waals surface area contributed by atoms with Crippen molar-refractivity contribution in [2.75, 3.05) is 45.8 Å². The van der Waals surface area contributed by atoms with Crippen molar-refractivity contribution in [2.45, 2.75) is 6.92 Å². The Morgan fingerprint density at radius 2 is 1.69 bits per heavy atom. The van der Waals surface area contributed by atoms with Crippen LogP contribution in [0.2, 0.25) is 0 Å². The van der Waals surface area contributed by atoms with E-state index in [9.17, 15) is 0 Å². The van der Waals surface area contributed by atoms with Crippen LogP contribution in [0.3, 0.4) is 0 Å². The highest BCUT2D eigenvalue weighted by Crippen LogP contribution is 1.86. The van der Waals surface area contributed by atoms with E-state index in [1.54, 1.807) is 0 Å². The van der Waals surface area contributed by atoms with Gasteiger partial charge < -0.3 is 10.6 Å². The van der Waals surface area contributed by atoms with Crippen molar-refractivity contribution in [1.82, 2.24) is 15.5 Å². The molecule has 0 bridgehead atoms. The Bertz CT molecular complexity index is 170. The summed E-state index contributed by atoms with van der Waals surface area (Å²) in [5, 5.41) is 6.76. The highest BCUT2D eigenvalue weighted by atomic mass is 15.2. The van der Waals surface area contributed by atoms with Gasteiger partial charge in [0.15, 0.2) is 0 Å². The lowest BCUT2D eigenvalue weighted by atomic mass is 10.4. The third kappa shape index (κ3) is 4.89. The van der Waals surface area contributed by atoms with Gasteiger partial charge in [-0.25, -0.2) is 0 Å². The lowest BCUT2D eigenvalue weighted by Crippen LogP contribution is -2.34. The first-order chi connectivity index (χ1) is 6.43. The van der Waals surface area contributed by atoms with Crippen molar-refractivity contribution < 1.29 is 0 Å². The van der Waals surface area contributed by atoms with Crippen LogP contribution in [0.4, 0.5) is 0 Å². The minimum Gasteiger partial charge on any atom is -0.314 e. The molecule has 1 aliphatic rings. The third-order valence-corrected chi connectivity index (χ3v) is 2.17. The molecular weight excluding hydrogens is 162 g/mol. The second-order valence-corrected chi connectivity index (χ2v) is 3.20. The first kappa shape index (κ1) is 10.5. The van der Waals surface area contributed by atoms with Crippen LogP contribution in [0.15, 0.2) is 0 Å². The molecule has 1 fully saturated rings. The van der Waals surface area contributed by atoms with E-state index >= 15 is 0 Å². The van der Waals surface area contributed by atoms with Gasteiger partial charge in [0.2, 0.25) is 0 Å². The fourth-order valence-electron chi connectivity index (χ4n) is 1.36. The number of nitrogens with one attached hydrogen (secondary N) is 2. The molecule has 1 saturated heterocycles. The standard InChI is InChI=1S/C10H19N3/c1-2-3-8-13-9-6-11-4-5-12-7-10-13/h11-12H,4-10H2,1H3. The quantitative estimate of drug-likeness (QED) is 0.534. The Morgan fingerprint density at radius 3 is 2.23 bits per heavy atom. The topological polar surface area (TPSA) is 27.3 Å². The van der Waals surface area contributed by atoms with Crippen LogP contribution in [0.1, 0.15) is 6.92 Å². The Morgan fingerprint density at radius 1 is 1.08 bits per heavy atom. The van der Waals surface area contributed by atoms with Gasteiger partial charge in [0.25, 0.3) is 0 Å². The molecule has 0 atom stereocenters. The van der Waals surface area contributed by atoms with E-state index in [0.717, 1.165) is 45.8 Å². The Hall–Kier alpha value is -0.560. The van der Waals surface area contributed by atoms with Gasteiger partial charge in [0, 0.05) is 39.3 Å². The third-order valence-electron chi connectivity index (χ3n) is 2.17. The predicted molar refractivity (Wildman–Crippen MR) is 55.6 cm³/mol. The number of hydrogen-bond donors (Lipinski definition) is 2. The molecule has 13 heavy (non-hydrogen) atoms. The summed E-state index contributed by atoms with van der Waals surface area (Å²) in [4.78, 5) is 2.38. The molecule has 0 radical (unpaired) electrons. The molecule has 1 rings (SSSR count). The average molecular weight is 181 g/mol. The van der Waals surface area contributed by atoms with Crippen LogP contribution in [0.5, 0.6) is 0 Å². The van der Waals surface area contributed by atoms with Crippen molar-refractivity contribution >= 4 is 0 Å². The van der Waals surface area contributed by atoms with Crippen LogP contribution >= 0.6 is 0 Å². The maximum atomic E-state index is 3.38. The van der Waals surface area contributed by atoms with E-state index in [0.29, 0.717) is 0 Å². The molecule has 0 amide bonds. The van der Waals surface area contributed by atoms with Crippen LogP contribution < -0.4 is 10.6 Å². The molecule has 1 aliphatic heterocycles. The lowest BCUT2D eigenvalue weighted by molar-refractivity contribution is 0.314.